The van der Waals surface area contributed by atoms with Crippen LogP contribution in [-0.2, 0) is 14.3 Å². The van der Waals surface area contributed by atoms with Crippen LogP contribution < -0.4 is 0 Å². The predicted molar refractivity (Wildman–Crippen MR) is 122 cm³/mol. The summed E-state index contributed by atoms with van der Waals surface area (Å²) < 4.78 is 9.56. The molecule has 0 bridgehead atoms. The monoisotopic (exact) mass is 422 g/mol. The summed E-state index contributed by atoms with van der Waals surface area (Å²) in [4.78, 5) is 22.1. The molecule has 0 fully saturated rings. The van der Waals surface area contributed by atoms with E-state index >= 15 is 0 Å². The highest BCUT2D eigenvalue weighted by Gasteiger charge is 2.04. The van der Waals surface area contributed by atoms with Crippen LogP contribution in [0, 0.1) is 0 Å². The Morgan fingerprint density at radius 3 is 1.73 bits per heavy atom. The summed E-state index contributed by atoms with van der Waals surface area (Å²) in [5.41, 5.74) is 0.435. The number of hydrogen-bond acceptors (Lipinski definition) is 5. The molecule has 0 atom stereocenters. The van der Waals surface area contributed by atoms with Gasteiger partial charge in [-0.15, -0.1) is 0 Å². The number of esters is 2. The van der Waals surface area contributed by atoms with Crippen molar-refractivity contribution in [1.82, 2.24) is 0 Å². The van der Waals surface area contributed by atoms with E-state index in [0.717, 1.165) is 6.42 Å². The molecule has 5 heteroatoms. The van der Waals surface area contributed by atoms with Crippen LogP contribution in [0.1, 0.15) is 108 Å². The fourth-order valence-electron chi connectivity index (χ4n) is 2.97. The summed E-state index contributed by atoms with van der Waals surface area (Å²) in [5.74, 6) is -0.298. The zero-order valence-corrected chi connectivity index (χ0v) is 19.5. The van der Waals surface area contributed by atoms with Crippen molar-refractivity contribution < 1.29 is 24.2 Å². The molecule has 0 aliphatic rings. The molecule has 0 aliphatic heterocycles. The second kappa shape index (κ2) is 19.0. The van der Waals surface area contributed by atoms with Gasteiger partial charge in [0.15, 0.2) is 0 Å². The van der Waals surface area contributed by atoms with Crippen LogP contribution >= 0.6 is 0 Å². The van der Waals surface area contributed by atoms with Crippen LogP contribution in [0.15, 0.2) is 24.3 Å². The topological polar surface area (TPSA) is 72.8 Å². The Morgan fingerprint density at radius 1 is 0.833 bits per heavy atom. The van der Waals surface area contributed by atoms with Gasteiger partial charge in [0.05, 0.1) is 18.8 Å². The third-order valence-corrected chi connectivity index (χ3v) is 4.64. The van der Waals surface area contributed by atoms with Crippen LogP contribution in [0.5, 0.6) is 5.75 Å². The van der Waals surface area contributed by atoms with Gasteiger partial charge in [-0.1, -0.05) is 71.1 Å². The maximum Gasteiger partial charge on any atom is 0.337 e. The van der Waals surface area contributed by atoms with Crippen LogP contribution in [0.3, 0.4) is 0 Å². The summed E-state index contributed by atoms with van der Waals surface area (Å²) in [6, 6.07) is 5.88. The molecule has 1 rings (SSSR count). The first kappa shape index (κ1) is 28.0. The minimum atomic E-state index is -0.398. The summed E-state index contributed by atoms with van der Waals surface area (Å²) >= 11 is 0. The molecule has 30 heavy (non-hydrogen) atoms. The minimum Gasteiger partial charge on any atom is -0.508 e. The first-order valence-corrected chi connectivity index (χ1v) is 11.5. The van der Waals surface area contributed by atoms with E-state index in [1.807, 2.05) is 13.8 Å². The molecule has 1 aromatic carbocycles. The number of phenolic OH excluding ortho intramolecular Hbond substituents is 1. The van der Waals surface area contributed by atoms with Crippen molar-refractivity contribution in [2.75, 3.05) is 7.11 Å². The molecule has 172 valence electrons. The fraction of sp³-hybridized carbons (Fsp3) is 0.680. The molecule has 0 unspecified atom stereocenters. The highest BCUT2D eigenvalue weighted by Crippen LogP contribution is 2.12. The second-order valence-electron chi connectivity index (χ2n) is 7.86. The van der Waals surface area contributed by atoms with Crippen molar-refractivity contribution in [2.45, 2.75) is 104 Å². The van der Waals surface area contributed by atoms with Gasteiger partial charge < -0.3 is 14.6 Å². The molecular formula is C25H42O5. The van der Waals surface area contributed by atoms with Crippen LogP contribution in [-0.4, -0.2) is 30.3 Å². The van der Waals surface area contributed by atoms with E-state index in [2.05, 4.69) is 11.7 Å². The van der Waals surface area contributed by atoms with Crippen molar-refractivity contribution >= 4 is 11.9 Å². The van der Waals surface area contributed by atoms with Gasteiger partial charge in [0, 0.05) is 6.42 Å². The zero-order valence-electron chi connectivity index (χ0n) is 19.5. The van der Waals surface area contributed by atoms with E-state index < -0.39 is 5.97 Å². The largest absolute Gasteiger partial charge is 0.508 e. The number of unbranched alkanes of at least 4 members (excludes halogenated alkanes) is 10. The second-order valence-corrected chi connectivity index (χ2v) is 7.86. The Bertz CT molecular complexity index is 551. The van der Waals surface area contributed by atoms with Gasteiger partial charge in [0.1, 0.15) is 5.75 Å². The molecule has 0 heterocycles. The van der Waals surface area contributed by atoms with E-state index in [-0.39, 0.29) is 17.8 Å². The number of rotatable bonds is 14. The molecule has 0 saturated heterocycles. The number of carbonyl (C=O) groups is 2. The van der Waals surface area contributed by atoms with Gasteiger partial charge in [-0.25, -0.2) is 4.79 Å². The molecule has 1 aromatic rings. The molecule has 0 amide bonds. The van der Waals surface area contributed by atoms with Crippen molar-refractivity contribution in [1.29, 1.82) is 0 Å². The lowest BCUT2D eigenvalue weighted by atomic mass is 10.1. The molecule has 0 radical (unpaired) electrons. The third kappa shape index (κ3) is 16.9. The first-order chi connectivity index (χ1) is 14.4. The van der Waals surface area contributed by atoms with Gasteiger partial charge in [0.25, 0.3) is 0 Å². The first-order valence-electron chi connectivity index (χ1n) is 11.5. The van der Waals surface area contributed by atoms with Gasteiger partial charge in [-0.05, 0) is 44.5 Å². The van der Waals surface area contributed by atoms with E-state index in [1.165, 1.54) is 95.6 Å². The smallest absolute Gasteiger partial charge is 0.337 e. The lowest BCUT2D eigenvalue weighted by Gasteiger charge is -2.07. The van der Waals surface area contributed by atoms with E-state index in [4.69, 9.17) is 9.84 Å². The normalized spacial score (nSPS) is 10.3. The highest BCUT2D eigenvalue weighted by molar-refractivity contribution is 5.89. The van der Waals surface area contributed by atoms with Gasteiger partial charge >= 0.3 is 11.9 Å². The quantitative estimate of drug-likeness (QED) is 0.263. The Balaban J connectivity index is 0.000000642. The SMILES string of the molecule is CCCCCCCCCCCCCC(=O)OC(C)C.COC(=O)c1ccc(O)cc1. The molecule has 0 saturated carbocycles. The number of carbonyl (C=O) groups excluding carboxylic acids is 2. The summed E-state index contributed by atoms with van der Waals surface area (Å²) in [6.07, 6.45) is 15.1. The molecular weight excluding hydrogens is 380 g/mol. The number of benzene rings is 1. The number of ether oxygens (including phenoxy) is 2. The lowest BCUT2D eigenvalue weighted by Crippen LogP contribution is -2.10. The maximum absolute atomic E-state index is 11.3. The Morgan fingerprint density at radius 2 is 1.30 bits per heavy atom. The van der Waals surface area contributed by atoms with E-state index in [9.17, 15) is 9.59 Å². The van der Waals surface area contributed by atoms with Crippen molar-refractivity contribution in [3.05, 3.63) is 29.8 Å². The highest BCUT2D eigenvalue weighted by atomic mass is 16.5. The number of phenols is 1. The zero-order chi connectivity index (χ0) is 22.6. The third-order valence-electron chi connectivity index (χ3n) is 4.64. The standard InChI is InChI=1S/C17H34O2.C8H8O3/c1-4-5-6-7-8-9-10-11-12-13-14-15-17(18)19-16(2)3;1-11-8(10)6-2-4-7(9)5-3-6/h16H,4-15H2,1-3H3;2-5,9H,1H3. The average Bonchev–Trinajstić information content (AvgIpc) is 2.72. The maximum atomic E-state index is 11.3. The van der Waals surface area contributed by atoms with Crippen molar-refractivity contribution in [3.63, 3.8) is 0 Å². The van der Waals surface area contributed by atoms with E-state index in [0.29, 0.717) is 12.0 Å². The number of methoxy groups -OCH3 is 1. The Hall–Kier alpha value is -2.04. The number of aromatic hydroxyl groups is 1. The van der Waals surface area contributed by atoms with E-state index in [1.54, 1.807) is 0 Å². The van der Waals surface area contributed by atoms with Crippen molar-refractivity contribution in [3.8, 4) is 5.75 Å². The number of hydrogen-bond donors (Lipinski definition) is 1. The lowest BCUT2D eigenvalue weighted by molar-refractivity contribution is -0.147. The molecule has 0 aromatic heterocycles. The molecule has 1 N–H and O–H groups in total. The summed E-state index contributed by atoms with van der Waals surface area (Å²) in [5, 5.41) is 8.86. The molecule has 5 nitrogen and oxygen atoms in total. The van der Waals surface area contributed by atoms with Crippen LogP contribution in [0.4, 0.5) is 0 Å². The predicted octanol–water partition coefficient (Wildman–Crippen LogP) is 6.82. The van der Waals surface area contributed by atoms with Crippen LogP contribution in [0.25, 0.3) is 0 Å². The summed E-state index contributed by atoms with van der Waals surface area (Å²) in [7, 11) is 1.31. The van der Waals surface area contributed by atoms with Gasteiger partial charge in [-0.3, -0.25) is 4.79 Å². The minimum absolute atomic E-state index is 0.0280. The molecule has 0 aliphatic carbocycles. The van der Waals surface area contributed by atoms with Gasteiger partial charge in [0.2, 0.25) is 0 Å². The average molecular weight is 423 g/mol. The van der Waals surface area contributed by atoms with Crippen LogP contribution in [0.2, 0.25) is 0 Å². The molecule has 0 spiro atoms. The van der Waals surface area contributed by atoms with Crippen molar-refractivity contribution in [2.24, 2.45) is 0 Å². The Kier molecular flexibility index (Phi) is 17.7. The Labute approximate surface area is 183 Å². The van der Waals surface area contributed by atoms with Gasteiger partial charge in [-0.2, -0.15) is 0 Å². The fourth-order valence-corrected chi connectivity index (χ4v) is 2.97. The summed E-state index contributed by atoms with van der Waals surface area (Å²) in [6.45, 7) is 6.06.